The molecule has 1 aliphatic rings. The average Bonchev–Trinajstić information content (AvgIpc) is 2.81. The van der Waals surface area contributed by atoms with E-state index in [4.69, 9.17) is 4.74 Å². The van der Waals surface area contributed by atoms with E-state index in [1.807, 2.05) is 24.3 Å². The molecule has 2 aromatic carbocycles. The molecule has 0 spiro atoms. The second-order valence-corrected chi connectivity index (χ2v) is 8.57. The first-order valence-corrected chi connectivity index (χ1v) is 10.5. The zero-order valence-corrected chi connectivity index (χ0v) is 16.8. The fourth-order valence-electron chi connectivity index (χ4n) is 3.22. The second kappa shape index (κ2) is 8.16. The Labute approximate surface area is 165 Å². The smallest absolute Gasteiger partial charge is 0.244 e. The van der Waals surface area contributed by atoms with Crippen LogP contribution in [0.1, 0.15) is 24.5 Å². The highest BCUT2D eigenvalue weighted by molar-refractivity contribution is 7.89. The second-order valence-electron chi connectivity index (χ2n) is 6.71. The topological polar surface area (TPSA) is 75.7 Å². The van der Waals surface area contributed by atoms with Crippen molar-refractivity contribution in [1.29, 1.82) is 0 Å². The van der Waals surface area contributed by atoms with E-state index in [1.54, 1.807) is 38.3 Å². The zero-order chi connectivity index (χ0) is 20.3. The number of ether oxygens (including phenoxy) is 1. The van der Waals surface area contributed by atoms with Gasteiger partial charge in [-0.15, -0.1) is 0 Å². The molecule has 7 heteroatoms. The van der Waals surface area contributed by atoms with Gasteiger partial charge in [-0.25, -0.2) is 8.42 Å². The van der Waals surface area contributed by atoms with Crippen LogP contribution in [0, 0.1) is 0 Å². The molecule has 0 unspecified atom stereocenters. The maximum Gasteiger partial charge on any atom is 0.244 e. The standard InChI is InChI=1S/C21H24N2O4S/c1-15-12-13-23(28(25,26)20-7-5-4-6-19(15)20)16(2)21(24)22-14-17-8-10-18(27-3)11-9-17/h4-11,16H,1,12-14H2,2-3H3,(H,22,24)/t16-/m1/s1. The molecule has 0 saturated heterocycles. The van der Waals surface area contributed by atoms with Gasteiger partial charge >= 0.3 is 0 Å². The summed E-state index contributed by atoms with van der Waals surface area (Å²) >= 11 is 0. The molecule has 0 saturated carbocycles. The summed E-state index contributed by atoms with van der Waals surface area (Å²) in [4.78, 5) is 12.9. The van der Waals surface area contributed by atoms with Crippen LogP contribution in [0.5, 0.6) is 5.75 Å². The molecule has 0 fully saturated rings. The van der Waals surface area contributed by atoms with Gasteiger partial charge < -0.3 is 10.1 Å². The van der Waals surface area contributed by atoms with Gasteiger partial charge in [0, 0.05) is 13.1 Å². The summed E-state index contributed by atoms with van der Waals surface area (Å²) in [6.07, 6.45) is 0.479. The van der Waals surface area contributed by atoms with Crippen LogP contribution in [0.2, 0.25) is 0 Å². The van der Waals surface area contributed by atoms with E-state index < -0.39 is 16.1 Å². The van der Waals surface area contributed by atoms with Crippen LogP contribution in [0.15, 0.2) is 60.0 Å². The first kappa shape index (κ1) is 20.1. The third-order valence-corrected chi connectivity index (χ3v) is 6.95. The molecule has 1 atom stereocenters. The first-order valence-electron chi connectivity index (χ1n) is 9.04. The van der Waals surface area contributed by atoms with Crippen LogP contribution in [0.3, 0.4) is 0 Å². The van der Waals surface area contributed by atoms with Crippen molar-refractivity contribution in [3.63, 3.8) is 0 Å². The van der Waals surface area contributed by atoms with Gasteiger partial charge in [0.25, 0.3) is 0 Å². The number of carbonyl (C=O) groups is 1. The highest BCUT2D eigenvalue weighted by Crippen LogP contribution is 2.32. The summed E-state index contributed by atoms with van der Waals surface area (Å²) in [6.45, 7) is 6.14. The van der Waals surface area contributed by atoms with Crippen LogP contribution >= 0.6 is 0 Å². The lowest BCUT2D eigenvalue weighted by Crippen LogP contribution is -2.47. The van der Waals surface area contributed by atoms with Gasteiger partial charge in [0.2, 0.25) is 15.9 Å². The number of rotatable bonds is 5. The van der Waals surface area contributed by atoms with E-state index in [-0.39, 0.29) is 17.3 Å². The SMILES string of the molecule is C=C1CCN([C@H](C)C(=O)NCc2ccc(OC)cc2)S(=O)(=O)c2ccccc21. The fraction of sp³-hybridized carbons (Fsp3) is 0.286. The van der Waals surface area contributed by atoms with Crippen LogP contribution in [0.25, 0.3) is 5.57 Å². The van der Waals surface area contributed by atoms with E-state index in [9.17, 15) is 13.2 Å². The van der Waals surface area contributed by atoms with E-state index >= 15 is 0 Å². The van der Waals surface area contributed by atoms with Crippen molar-refractivity contribution in [2.75, 3.05) is 13.7 Å². The molecule has 1 aliphatic heterocycles. The molecule has 1 heterocycles. The Balaban J connectivity index is 1.76. The van der Waals surface area contributed by atoms with Crippen molar-refractivity contribution in [2.24, 2.45) is 0 Å². The number of fused-ring (bicyclic) bond motifs is 1. The highest BCUT2D eigenvalue weighted by atomic mass is 32.2. The summed E-state index contributed by atoms with van der Waals surface area (Å²) in [5, 5.41) is 2.82. The third-order valence-electron chi connectivity index (χ3n) is 4.93. The van der Waals surface area contributed by atoms with Crippen molar-refractivity contribution in [2.45, 2.75) is 30.8 Å². The van der Waals surface area contributed by atoms with E-state index in [2.05, 4.69) is 11.9 Å². The predicted molar refractivity (Wildman–Crippen MR) is 108 cm³/mol. The van der Waals surface area contributed by atoms with Gasteiger partial charge in [0.1, 0.15) is 11.8 Å². The minimum atomic E-state index is -3.79. The number of benzene rings is 2. The monoisotopic (exact) mass is 400 g/mol. The average molecular weight is 401 g/mol. The Hall–Kier alpha value is -2.64. The maximum absolute atomic E-state index is 13.2. The van der Waals surface area contributed by atoms with Crippen LogP contribution in [-0.4, -0.2) is 38.3 Å². The molecule has 2 aromatic rings. The van der Waals surface area contributed by atoms with Gasteiger partial charge in [0.05, 0.1) is 12.0 Å². The fourth-order valence-corrected chi connectivity index (χ4v) is 5.06. The normalized spacial score (nSPS) is 17.3. The molecule has 0 radical (unpaired) electrons. The largest absolute Gasteiger partial charge is 0.497 e. The number of amides is 1. The first-order chi connectivity index (χ1) is 13.3. The van der Waals surface area contributed by atoms with Crippen LogP contribution < -0.4 is 10.1 Å². The van der Waals surface area contributed by atoms with E-state index in [0.29, 0.717) is 18.5 Å². The van der Waals surface area contributed by atoms with Crippen molar-refractivity contribution >= 4 is 21.5 Å². The summed E-state index contributed by atoms with van der Waals surface area (Å²) < 4.78 is 32.7. The quantitative estimate of drug-likeness (QED) is 0.837. The van der Waals surface area contributed by atoms with Crippen molar-refractivity contribution < 1.29 is 17.9 Å². The third kappa shape index (κ3) is 3.95. The summed E-state index contributed by atoms with van der Waals surface area (Å²) in [7, 11) is -2.20. The lowest BCUT2D eigenvalue weighted by molar-refractivity contribution is -0.124. The highest BCUT2D eigenvalue weighted by Gasteiger charge is 2.36. The van der Waals surface area contributed by atoms with Gasteiger partial charge in [-0.3, -0.25) is 4.79 Å². The van der Waals surface area contributed by atoms with Crippen molar-refractivity contribution in [3.8, 4) is 5.75 Å². The molecule has 0 aromatic heterocycles. The van der Waals surface area contributed by atoms with Crippen LogP contribution in [-0.2, 0) is 21.4 Å². The van der Waals surface area contributed by atoms with Gasteiger partial charge in [-0.2, -0.15) is 4.31 Å². The summed E-state index contributed by atoms with van der Waals surface area (Å²) in [6, 6.07) is 13.3. The maximum atomic E-state index is 13.2. The van der Waals surface area contributed by atoms with Crippen molar-refractivity contribution in [1.82, 2.24) is 9.62 Å². The Bertz CT molecular complexity index is 984. The number of nitrogens with one attached hydrogen (secondary N) is 1. The molecule has 1 amide bonds. The lowest BCUT2D eigenvalue weighted by Gasteiger charge is -2.26. The molecule has 0 bridgehead atoms. The van der Waals surface area contributed by atoms with E-state index in [0.717, 1.165) is 16.9 Å². The van der Waals surface area contributed by atoms with Crippen LogP contribution in [0.4, 0.5) is 0 Å². The van der Waals surface area contributed by atoms with Gasteiger partial charge in [-0.05, 0) is 48.2 Å². The summed E-state index contributed by atoms with van der Waals surface area (Å²) in [5.74, 6) is 0.391. The molecular formula is C21H24N2O4S. The number of sulfonamides is 1. The molecule has 3 rings (SSSR count). The Morgan fingerprint density at radius 2 is 1.89 bits per heavy atom. The molecule has 1 N–H and O–H groups in total. The number of methoxy groups -OCH3 is 1. The predicted octanol–water partition coefficient (Wildman–Crippen LogP) is 2.81. The van der Waals surface area contributed by atoms with Gasteiger partial charge in [-0.1, -0.05) is 36.9 Å². The zero-order valence-electron chi connectivity index (χ0n) is 16.0. The number of hydrogen-bond donors (Lipinski definition) is 1. The minimum absolute atomic E-state index is 0.201. The molecule has 0 aliphatic carbocycles. The Morgan fingerprint density at radius 1 is 1.21 bits per heavy atom. The molecule has 148 valence electrons. The number of hydrogen-bond acceptors (Lipinski definition) is 4. The van der Waals surface area contributed by atoms with E-state index in [1.165, 1.54) is 4.31 Å². The summed E-state index contributed by atoms with van der Waals surface area (Å²) in [5.41, 5.74) is 2.28. The van der Waals surface area contributed by atoms with Crippen molar-refractivity contribution in [3.05, 3.63) is 66.2 Å². The lowest BCUT2D eigenvalue weighted by atomic mass is 10.0. The Kier molecular flexibility index (Phi) is 5.86. The number of nitrogens with zero attached hydrogens (tertiary/aromatic N) is 1. The molecular weight excluding hydrogens is 376 g/mol. The Morgan fingerprint density at radius 3 is 2.57 bits per heavy atom. The molecule has 6 nitrogen and oxygen atoms in total. The van der Waals surface area contributed by atoms with Gasteiger partial charge in [0.15, 0.2) is 0 Å². The number of carbonyl (C=O) groups excluding carboxylic acids is 1. The minimum Gasteiger partial charge on any atom is -0.497 e. The molecule has 28 heavy (non-hydrogen) atoms.